The van der Waals surface area contributed by atoms with Crippen LogP contribution in [0.5, 0.6) is 0 Å². The second-order valence-corrected chi connectivity index (χ2v) is 3.64. The summed E-state index contributed by atoms with van der Waals surface area (Å²) in [5.74, 6) is 0.693. The normalized spacial score (nSPS) is 13.3. The summed E-state index contributed by atoms with van der Waals surface area (Å²) in [6.45, 7) is 4.54. The zero-order chi connectivity index (χ0) is 11.0. The molecule has 0 aliphatic heterocycles. The fraction of sp³-hybridized carbons (Fsp3) is 0.364. The van der Waals surface area contributed by atoms with E-state index in [2.05, 4.69) is 4.98 Å². The first-order valence-corrected chi connectivity index (χ1v) is 5.07. The molecule has 0 amide bonds. The van der Waals surface area contributed by atoms with Crippen molar-refractivity contribution in [3.05, 3.63) is 24.0 Å². The Morgan fingerprint density at radius 2 is 2.27 bits per heavy atom. The lowest BCUT2D eigenvalue weighted by Crippen LogP contribution is -2.04. The van der Waals surface area contributed by atoms with Crippen LogP contribution in [0.4, 0.5) is 5.69 Å². The van der Waals surface area contributed by atoms with Crippen LogP contribution in [-0.4, -0.2) is 14.7 Å². The van der Waals surface area contributed by atoms with Crippen LogP contribution in [0.15, 0.2) is 18.2 Å². The second kappa shape index (κ2) is 3.55. The number of rotatable bonds is 2. The molecule has 2 rings (SSSR count). The number of nitrogen functional groups attached to an aromatic ring is 1. The molecule has 3 N–H and O–H groups in total. The Labute approximate surface area is 88.3 Å². The van der Waals surface area contributed by atoms with Crippen molar-refractivity contribution < 1.29 is 5.11 Å². The summed E-state index contributed by atoms with van der Waals surface area (Å²) >= 11 is 0. The third kappa shape index (κ3) is 1.57. The zero-order valence-electron chi connectivity index (χ0n) is 8.94. The van der Waals surface area contributed by atoms with Gasteiger partial charge in [-0.3, -0.25) is 0 Å². The third-order valence-electron chi connectivity index (χ3n) is 2.49. The fourth-order valence-corrected chi connectivity index (χ4v) is 1.82. The van der Waals surface area contributed by atoms with E-state index in [9.17, 15) is 5.11 Å². The molecule has 4 nitrogen and oxygen atoms in total. The van der Waals surface area contributed by atoms with Crippen molar-refractivity contribution in [2.24, 2.45) is 0 Å². The molecule has 80 valence electrons. The Kier molecular flexibility index (Phi) is 2.36. The van der Waals surface area contributed by atoms with Crippen molar-refractivity contribution in [3.8, 4) is 0 Å². The number of hydrogen-bond donors (Lipinski definition) is 2. The predicted octanol–water partition coefficient (Wildman–Crippen LogP) is 1.69. The summed E-state index contributed by atoms with van der Waals surface area (Å²) in [5, 5.41) is 9.59. The molecule has 0 bridgehead atoms. The minimum absolute atomic E-state index is 0.557. The van der Waals surface area contributed by atoms with Gasteiger partial charge in [-0.05, 0) is 32.0 Å². The lowest BCUT2D eigenvalue weighted by molar-refractivity contribution is 0.184. The van der Waals surface area contributed by atoms with Crippen molar-refractivity contribution >= 4 is 16.7 Å². The number of hydrogen-bond acceptors (Lipinski definition) is 3. The van der Waals surface area contributed by atoms with E-state index < -0.39 is 6.10 Å². The number of benzene rings is 1. The Bertz CT molecular complexity index is 488. The number of aliphatic hydroxyl groups excluding tert-OH is 1. The third-order valence-corrected chi connectivity index (χ3v) is 2.49. The van der Waals surface area contributed by atoms with Crippen molar-refractivity contribution in [2.75, 3.05) is 5.73 Å². The molecule has 15 heavy (non-hydrogen) atoms. The van der Waals surface area contributed by atoms with Crippen LogP contribution < -0.4 is 5.73 Å². The van der Waals surface area contributed by atoms with E-state index in [1.807, 2.05) is 29.7 Å². The van der Waals surface area contributed by atoms with E-state index in [0.29, 0.717) is 11.5 Å². The highest BCUT2D eigenvalue weighted by Gasteiger charge is 2.13. The largest absolute Gasteiger partial charge is 0.399 e. The van der Waals surface area contributed by atoms with Gasteiger partial charge in [0.1, 0.15) is 11.9 Å². The summed E-state index contributed by atoms with van der Waals surface area (Å²) < 4.78 is 2.00. The maximum Gasteiger partial charge on any atom is 0.138 e. The van der Waals surface area contributed by atoms with Gasteiger partial charge in [-0.2, -0.15) is 0 Å². The molecule has 1 atom stereocenters. The number of fused-ring (bicyclic) bond motifs is 1. The minimum atomic E-state index is -0.557. The minimum Gasteiger partial charge on any atom is -0.399 e. The summed E-state index contributed by atoms with van der Waals surface area (Å²) in [5.41, 5.74) is 8.24. The van der Waals surface area contributed by atoms with Crippen LogP contribution in [0.2, 0.25) is 0 Å². The first kappa shape index (κ1) is 9.98. The second-order valence-electron chi connectivity index (χ2n) is 3.64. The highest BCUT2D eigenvalue weighted by atomic mass is 16.3. The Balaban J connectivity index is 2.73. The van der Waals surface area contributed by atoms with Gasteiger partial charge in [-0.15, -0.1) is 0 Å². The van der Waals surface area contributed by atoms with Gasteiger partial charge in [0.2, 0.25) is 0 Å². The van der Waals surface area contributed by atoms with E-state index in [-0.39, 0.29) is 0 Å². The molecule has 4 heteroatoms. The molecule has 0 fully saturated rings. The smallest absolute Gasteiger partial charge is 0.138 e. The summed E-state index contributed by atoms with van der Waals surface area (Å²) in [7, 11) is 0. The van der Waals surface area contributed by atoms with Crippen LogP contribution in [0.25, 0.3) is 11.0 Å². The molecule has 0 unspecified atom stereocenters. The van der Waals surface area contributed by atoms with Gasteiger partial charge in [-0.1, -0.05) is 0 Å². The standard InChI is InChI=1S/C11H15N3O/c1-3-14-10-5-4-8(12)6-9(10)13-11(14)7(2)15/h4-7,15H,3,12H2,1-2H3/t7-/m1/s1. The number of nitrogens with two attached hydrogens (primary N) is 1. The summed E-state index contributed by atoms with van der Waals surface area (Å²) in [6, 6.07) is 5.61. The molecule has 1 aromatic heterocycles. The Morgan fingerprint density at radius 1 is 1.53 bits per heavy atom. The number of anilines is 1. The van der Waals surface area contributed by atoms with Crippen molar-refractivity contribution in [1.29, 1.82) is 0 Å². The topological polar surface area (TPSA) is 64.1 Å². The van der Waals surface area contributed by atoms with Crippen LogP contribution >= 0.6 is 0 Å². The van der Waals surface area contributed by atoms with Gasteiger partial charge in [0, 0.05) is 12.2 Å². The van der Waals surface area contributed by atoms with E-state index in [1.165, 1.54) is 0 Å². The molecular formula is C11H15N3O. The van der Waals surface area contributed by atoms with Crippen molar-refractivity contribution in [2.45, 2.75) is 26.5 Å². The molecule has 0 saturated carbocycles. The van der Waals surface area contributed by atoms with E-state index in [1.54, 1.807) is 6.92 Å². The molecular weight excluding hydrogens is 190 g/mol. The Hall–Kier alpha value is -1.55. The highest BCUT2D eigenvalue weighted by Crippen LogP contribution is 2.22. The van der Waals surface area contributed by atoms with Gasteiger partial charge >= 0.3 is 0 Å². The first-order valence-electron chi connectivity index (χ1n) is 5.07. The van der Waals surface area contributed by atoms with E-state index in [0.717, 1.165) is 17.6 Å². The van der Waals surface area contributed by atoms with Gasteiger partial charge in [0.25, 0.3) is 0 Å². The number of aliphatic hydroxyl groups is 1. The molecule has 2 aromatic rings. The Morgan fingerprint density at radius 3 is 2.87 bits per heavy atom. The van der Waals surface area contributed by atoms with E-state index in [4.69, 9.17) is 5.73 Å². The number of nitrogens with zero attached hydrogens (tertiary/aromatic N) is 2. The maximum absolute atomic E-state index is 9.59. The van der Waals surface area contributed by atoms with Gasteiger partial charge < -0.3 is 15.4 Å². The van der Waals surface area contributed by atoms with Crippen LogP contribution in [-0.2, 0) is 6.54 Å². The van der Waals surface area contributed by atoms with E-state index >= 15 is 0 Å². The number of aryl methyl sites for hydroxylation is 1. The molecule has 1 heterocycles. The number of imidazole rings is 1. The summed E-state index contributed by atoms with van der Waals surface area (Å²) in [4.78, 5) is 4.38. The molecule has 1 aromatic carbocycles. The lowest BCUT2D eigenvalue weighted by atomic mass is 10.3. The molecule has 0 aliphatic rings. The SMILES string of the molecule is CCn1c([C@@H](C)O)nc2cc(N)ccc21. The lowest BCUT2D eigenvalue weighted by Gasteiger charge is -2.07. The first-order chi connectivity index (χ1) is 7.13. The molecule has 0 aliphatic carbocycles. The molecule has 0 spiro atoms. The average molecular weight is 205 g/mol. The summed E-state index contributed by atoms with van der Waals surface area (Å²) in [6.07, 6.45) is -0.557. The monoisotopic (exact) mass is 205 g/mol. The average Bonchev–Trinajstić information content (AvgIpc) is 2.55. The van der Waals surface area contributed by atoms with Gasteiger partial charge in [0.15, 0.2) is 0 Å². The molecule has 0 radical (unpaired) electrons. The zero-order valence-corrected chi connectivity index (χ0v) is 8.94. The molecule has 0 saturated heterocycles. The number of aromatic nitrogens is 2. The quantitative estimate of drug-likeness (QED) is 0.733. The fourth-order valence-electron chi connectivity index (χ4n) is 1.82. The van der Waals surface area contributed by atoms with Crippen LogP contribution in [0.3, 0.4) is 0 Å². The van der Waals surface area contributed by atoms with Crippen LogP contribution in [0, 0.1) is 0 Å². The predicted molar refractivity (Wildman–Crippen MR) is 60.5 cm³/mol. The maximum atomic E-state index is 9.59. The van der Waals surface area contributed by atoms with Gasteiger partial charge in [-0.25, -0.2) is 4.98 Å². The highest BCUT2D eigenvalue weighted by molar-refractivity contribution is 5.79. The van der Waals surface area contributed by atoms with Crippen LogP contribution in [0.1, 0.15) is 25.8 Å². The van der Waals surface area contributed by atoms with Gasteiger partial charge in [0.05, 0.1) is 11.0 Å². The van der Waals surface area contributed by atoms with Crippen molar-refractivity contribution in [1.82, 2.24) is 9.55 Å². The van der Waals surface area contributed by atoms with Crippen molar-refractivity contribution in [3.63, 3.8) is 0 Å².